The van der Waals surface area contributed by atoms with E-state index in [1.54, 1.807) is 48.4 Å². The molecule has 0 unspecified atom stereocenters. The minimum Gasteiger partial charge on any atom is -0.507 e. The lowest BCUT2D eigenvalue weighted by atomic mass is 9.95. The number of likely N-dealkylation sites (N-methyl/N-ethyl adjacent to an activating group) is 1. The van der Waals surface area contributed by atoms with Gasteiger partial charge in [0.25, 0.3) is 11.7 Å². The number of benzene rings is 3. The topological polar surface area (TPSA) is 79.3 Å². The lowest BCUT2D eigenvalue weighted by Crippen LogP contribution is -2.38. The summed E-state index contributed by atoms with van der Waals surface area (Å²) in [5.41, 5.74) is 3.48. The lowest BCUT2D eigenvalue weighted by molar-refractivity contribution is -0.140. The van der Waals surface area contributed by atoms with Crippen LogP contribution in [-0.2, 0) is 16.2 Å². The number of rotatable bonds is 11. The standard InChI is InChI=1S/C32H36N2O5/c1-5-33(6-2)18-19-34-29(24-10-14-26(38-4)15-11-24)28(31(36)32(34)37)30(35)25-12-16-27(17-13-25)39-21-23-9-7-8-22(3)20-23/h7-17,20,29,35H,5-6,18-19,21H2,1-4H3/t29-/m1/s1. The van der Waals surface area contributed by atoms with E-state index in [2.05, 4.69) is 24.8 Å². The van der Waals surface area contributed by atoms with Gasteiger partial charge < -0.3 is 24.4 Å². The molecular formula is C32H36N2O5. The Bertz CT molecular complexity index is 1330. The number of hydrogen-bond donors (Lipinski definition) is 1. The van der Waals surface area contributed by atoms with Crippen molar-refractivity contribution in [3.05, 3.63) is 101 Å². The summed E-state index contributed by atoms with van der Waals surface area (Å²) in [5, 5.41) is 11.4. The molecule has 3 aromatic rings. The van der Waals surface area contributed by atoms with Crippen LogP contribution in [0.5, 0.6) is 11.5 Å². The van der Waals surface area contributed by atoms with Crippen LogP contribution in [0.25, 0.3) is 5.76 Å². The quantitative estimate of drug-likeness (QED) is 0.205. The van der Waals surface area contributed by atoms with E-state index in [1.165, 1.54) is 0 Å². The number of hydrogen-bond acceptors (Lipinski definition) is 6. The zero-order chi connectivity index (χ0) is 27.9. The van der Waals surface area contributed by atoms with Gasteiger partial charge in [0.15, 0.2) is 0 Å². The van der Waals surface area contributed by atoms with Crippen LogP contribution in [0.1, 0.15) is 42.1 Å². The Morgan fingerprint density at radius 3 is 2.23 bits per heavy atom. The molecule has 1 N–H and O–H groups in total. The van der Waals surface area contributed by atoms with Crippen LogP contribution in [0.2, 0.25) is 0 Å². The first-order valence-corrected chi connectivity index (χ1v) is 13.3. The molecule has 0 aromatic heterocycles. The maximum Gasteiger partial charge on any atom is 0.295 e. The molecule has 0 aliphatic carbocycles. The van der Waals surface area contributed by atoms with E-state index in [0.29, 0.717) is 36.8 Å². The van der Waals surface area contributed by atoms with E-state index in [0.717, 1.165) is 29.8 Å². The van der Waals surface area contributed by atoms with E-state index in [-0.39, 0.29) is 11.3 Å². The predicted molar refractivity (Wildman–Crippen MR) is 152 cm³/mol. The second-order valence-corrected chi connectivity index (χ2v) is 9.59. The summed E-state index contributed by atoms with van der Waals surface area (Å²) in [6.45, 7) is 9.25. The Hall–Kier alpha value is -4.10. The number of likely N-dealkylation sites (tertiary alicyclic amines) is 1. The summed E-state index contributed by atoms with van der Waals surface area (Å²) >= 11 is 0. The molecule has 7 heteroatoms. The number of aliphatic hydroxyl groups is 1. The molecule has 39 heavy (non-hydrogen) atoms. The van der Waals surface area contributed by atoms with Crippen LogP contribution in [-0.4, -0.2) is 59.9 Å². The van der Waals surface area contributed by atoms with Gasteiger partial charge in [-0.25, -0.2) is 0 Å². The maximum absolute atomic E-state index is 13.3. The van der Waals surface area contributed by atoms with Gasteiger partial charge in [0.05, 0.1) is 18.7 Å². The maximum atomic E-state index is 13.3. The fourth-order valence-electron chi connectivity index (χ4n) is 4.87. The van der Waals surface area contributed by atoms with Crippen molar-refractivity contribution in [1.29, 1.82) is 0 Å². The molecule has 4 rings (SSSR count). The van der Waals surface area contributed by atoms with Crippen molar-refractivity contribution in [3.63, 3.8) is 0 Å². The number of ether oxygens (including phenoxy) is 2. The zero-order valence-corrected chi connectivity index (χ0v) is 23.0. The van der Waals surface area contributed by atoms with Gasteiger partial charge in [-0.15, -0.1) is 0 Å². The van der Waals surface area contributed by atoms with Gasteiger partial charge in [-0.2, -0.15) is 0 Å². The smallest absolute Gasteiger partial charge is 0.295 e. The van der Waals surface area contributed by atoms with Gasteiger partial charge in [0.1, 0.15) is 23.9 Å². The molecule has 7 nitrogen and oxygen atoms in total. The Labute approximate surface area is 230 Å². The van der Waals surface area contributed by atoms with E-state index < -0.39 is 17.7 Å². The van der Waals surface area contributed by atoms with Crippen molar-refractivity contribution in [3.8, 4) is 11.5 Å². The van der Waals surface area contributed by atoms with Crippen molar-refractivity contribution < 1.29 is 24.2 Å². The third kappa shape index (κ3) is 6.32. The molecule has 3 aromatic carbocycles. The van der Waals surface area contributed by atoms with E-state index in [1.807, 2.05) is 37.3 Å². The molecule has 0 spiro atoms. The second kappa shape index (κ2) is 12.6. The third-order valence-electron chi connectivity index (χ3n) is 7.14. The van der Waals surface area contributed by atoms with Gasteiger partial charge >= 0.3 is 0 Å². The third-order valence-corrected chi connectivity index (χ3v) is 7.14. The molecule has 1 atom stereocenters. The van der Waals surface area contributed by atoms with Crippen LogP contribution in [0.4, 0.5) is 0 Å². The number of aliphatic hydroxyl groups excluding tert-OH is 1. The number of methoxy groups -OCH3 is 1. The minimum atomic E-state index is -0.705. The summed E-state index contributed by atoms with van der Waals surface area (Å²) in [5.74, 6) is -0.195. The Balaban J connectivity index is 1.64. The highest BCUT2D eigenvalue weighted by Gasteiger charge is 2.46. The fourth-order valence-corrected chi connectivity index (χ4v) is 4.87. The summed E-state index contributed by atoms with van der Waals surface area (Å²) < 4.78 is 11.2. The summed E-state index contributed by atoms with van der Waals surface area (Å²) in [6.07, 6.45) is 0. The summed E-state index contributed by atoms with van der Waals surface area (Å²) in [7, 11) is 1.58. The normalized spacial score (nSPS) is 16.6. The summed E-state index contributed by atoms with van der Waals surface area (Å²) in [4.78, 5) is 30.3. The minimum absolute atomic E-state index is 0.0816. The molecule has 1 heterocycles. The van der Waals surface area contributed by atoms with Crippen LogP contribution < -0.4 is 9.47 Å². The number of ketones is 1. The van der Waals surface area contributed by atoms with Gasteiger partial charge in [0, 0.05) is 18.7 Å². The van der Waals surface area contributed by atoms with Crippen LogP contribution in [0.15, 0.2) is 78.4 Å². The van der Waals surface area contributed by atoms with Crippen molar-refractivity contribution >= 4 is 17.4 Å². The van der Waals surface area contributed by atoms with Gasteiger partial charge in [-0.1, -0.05) is 55.8 Å². The number of Topliss-reactive ketones (excluding diaryl/α,β-unsaturated/α-hetero) is 1. The lowest BCUT2D eigenvalue weighted by Gasteiger charge is -2.28. The molecular weight excluding hydrogens is 492 g/mol. The molecule has 1 aliphatic heterocycles. The van der Waals surface area contributed by atoms with Crippen molar-refractivity contribution in [1.82, 2.24) is 9.80 Å². The molecule has 0 radical (unpaired) electrons. The number of carbonyl (C=O) groups excluding carboxylic acids is 2. The molecule has 0 saturated carbocycles. The SMILES string of the molecule is CCN(CC)CCN1C(=O)C(=O)C(=C(O)c2ccc(OCc3cccc(C)c3)cc2)[C@H]1c1ccc(OC)cc1. The van der Waals surface area contributed by atoms with Crippen molar-refractivity contribution in [2.45, 2.75) is 33.4 Å². The number of carbonyl (C=O) groups is 2. The number of aryl methyl sites for hydroxylation is 1. The monoisotopic (exact) mass is 528 g/mol. The predicted octanol–water partition coefficient (Wildman–Crippen LogP) is 5.35. The average Bonchev–Trinajstić information content (AvgIpc) is 3.21. The molecule has 0 bridgehead atoms. The van der Waals surface area contributed by atoms with Crippen molar-refractivity contribution in [2.24, 2.45) is 0 Å². The summed E-state index contributed by atoms with van der Waals surface area (Å²) in [6, 6.07) is 21.6. The van der Waals surface area contributed by atoms with E-state index in [4.69, 9.17) is 9.47 Å². The first-order chi connectivity index (χ1) is 18.9. The molecule has 1 amide bonds. The largest absolute Gasteiger partial charge is 0.507 e. The molecule has 1 saturated heterocycles. The van der Waals surface area contributed by atoms with E-state index in [9.17, 15) is 14.7 Å². The molecule has 1 fully saturated rings. The first kappa shape index (κ1) is 27.9. The zero-order valence-electron chi connectivity index (χ0n) is 23.0. The highest BCUT2D eigenvalue weighted by molar-refractivity contribution is 6.46. The second-order valence-electron chi connectivity index (χ2n) is 9.59. The van der Waals surface area contributed by atoms with Crippen LogP contribution >= 0.6 is 0 Å². The van der Waals surface area contributed by atoms with Crippen molar-refractivity contribution in [2.75, 3.05) is 33.3 Å². The molecule has 1 aliphatic rings. The van der Waals surface area contributed by atoms with Gasteiger partial charge in [0.2, 0.25) is 0 Å². The Morgan fingerprint density at radius 1 is 0.949 bits per heavy atom. The highest BCUT2D eigenvalue weighted by atomic mass is 16.5. The average molecular weight is 529 g/mol. The Morgan fingerprint density at radius 2 is 1.62 bits per heavy atom. The van der Waals surface area contributed by atoms with E-state index >= 15 is 0 Å². The fraction of sp³-hybridized carbons (Fsp3) is 0.312. The Kier molecular flexibility index (Phi) is 9.04. The van der Waals surface area contributed by atoms with Crippen LogP contribution in [0, 0.1) is 6.92 Å². The van der Waals surface area contributed by atoms with Crippen LogP contribution in [0.3, 0.4) is 0 Å². The van der Waals surface area contributed by atoms with Gasteiger partial charge in [-0.3, -0.25) is 9.59 Å². The number of nitrogens with zero attached hydrogens (tertiary/aromatic N) is 2. The number of amides is 1. The van der Waals surface area contributed by atoms with Gasteiger partial charge in [-0.05, 0) is 67.5 Å². The first-order valence-electron chi connectivity index (χ1n) is 13.3. The molecule has 204 valence electrons. The highest BCUT2D eigenvalue weighted by Crippen LogP contribution is 2.40.